The van der Waals surface area contributed by atoms with Crippen molar-refractivity contribution in [3.63, 3.8) is 0 Å². The minimum Gasteiger partial charge on any atom is -0.349 e. The highest BCUT2D eigenvalue weighted by Gasteiger charge is 2.26. The van der Waals surface area contributed by atoms with E-state index in [1.165, 1.54) is 19.3 Å². The van der Waals surface area contributed by atoms with Gasteiger partial charge in [0.05, 0.1) is 5.56 Å². The Balaban J connectivity index is 1.42. The Labute approximate surface area is 149 Å². The van der Waals surface area contributed by atoms with Gasteiger partial charge >= 0.3 is 6.03 Å². The van der Waals surface area contributed by atoms with E-state index in [2.05, 4.69) is 15.6 Å². The van der Waals surface area contributed by atoms with Crippen LogP contribution in [0.25, 0.3) is 0 Å². The summed E-state index contributed by atoms with van der Waals surface area (Å²) in [6.45, 7) is 3.28. The van der Waals surface area contributed by atoms with Crippen LogP contribution in [-0.4, -0.2) is 47.0 Å². The van der Waals surface area contributed by atoms with Gasteiger partial charge in [0.1, 0.15) is 0 Å². The van der Waals surface area contributed by atoms with Crippen LogP contribution in [0.1, 0.15) is 61.0 Å². The Morgan fingerprint density at radius 2 is 1.68 bits per heavy atom. The Morgan fingerprint density at radius 1 is 1.00 bits per heavy atom. The van der Waals surface area contributed by atoms with Gasteiger partial charge in [-0.15, -0.1) is 0 Å². The quantitative estimate of drug-likeness (QED) is 0.885. The molecule has 0 radical (unpaired) electrons. The first kappa shape index (κ1) is 17.7. The van der Waals surface area contributed by atoms with Gasteiger partial charge in [-0.3, -0.25) is 9.78 Å². The van der Waals surface area contributed by atoms with Crippen LogP contribution in [0.3, 0.4) is 0 Å². The lowest BCUT2D eigenvalue weighted by atomic mass is 9.95. The number of aryl methyl sites for hydroxylation is 1. The van der Waals surface area contributed by atoms with E-state index < -0.39 is 0 Å². The lowest BCUT2D eigenvalue weighted by molar-refractivity contribution is 0.0917. The molecule has 0 atom stereocenters. The molecule has 1 aliphatic carbocycles. The fraction of sp³-hybridized carbons (Fsp3) is 0.632. The number of nitrogens with zero attached hydrogens (tertiary/aromatic N) is 2. The molecule has 2 aliphatic rings. The molecule has 6 heteroatoms. The molecule has 0 aromatic carbocycles. The summed E-state index contributed by atoms with van der Waals surface area (Å²) < 4.78 is 0. The van der Waals surface area contributed by atoms with E-state index in [-0.39, 0.29) is 18.0 Å². The maximum atomic E-state index is 12.4. The highest BCUT2D eigenvalue weighted by Crippen LogP contribution is 2.18. The second-order valence-corrected chi connectivity index (χ2v) is 7.21. The number of aromatic nitrogens is 1. The Morgan fingerprint density at radius 3 is 2.32 bits per heavy atom. The molecule has 0 bridgehead atoms. The summed E-state index contributed by atoms with van der Waals surface area (Å²) in [5.41, 5.74) is 1.48. The number of amides is 3. The van der Waals surface area contributed by atoms with Gasteiger partial charge in [0.25, 0.3) is 5.91 Å². The number of rotatable bonds is 3. The minimum atomic E-state index is -0.0855. The first-order chi connectivity index (χ1) is 12.1. The maximum Gasteiger partial charge on any atom is 0.317 e. The van der Waals surface area contributed by atoms with E-state index in [1.54, 1.807) is 12.3 Å². The summed E-state index contributed by atoms with van der Waals surface area (Å²) in [5.74, 6) is -0.0855. The lowest BCUT2D eigenvalue weighted by Crippen LogP contribution is -2.51. The zero-order chi connectivity index (χ0) is 17.6. The summed E-state index contributed by atoms with van der Waals surface area (Å²) in [7, 11) is 0. The summed E-state index contributed by atoms with van der Waals surface area (Å²) in [5, 5.41) is 6.22. The number of carbonyl (C=O) groups excluding carboxylic acids is 2. The van der Waals surface area contributed by atoms with Crippen molar-refractivity contribution in [3.05, 3.63) is 29.6 Å². The van der Waals surface area contributed by atoms with E-state index in [9.17, 15) is 9.59 Å². The Bertz CT molecular complexity index is 588. The van der Waals surface area contributed by atoms with Crippen LogP contribution in [0.15, 0.2) is 18.3 Å². The molecule has 1 aromatic heterocycles. The molecule has 136 valence electrons. The van der Waals surface area contributed by atoms with Crippen molar-refractivity contribution in [2.45, 2.75) is 64.0 Å². The molecule has 25 heavy (non-hydrogen) atoms. The number of likely N-dealkylation sites (tertiary alicyclic amines) is 1. The summed E-state index contributed by atoms with van der Waals surface area (Å²) in [6.07, 6.45) is 9.11. The van der Waals surface area contributed by atoms with E-state index in [0.29, 0.717) is 24.7 Å². The zero-order valence-electron chi connectivity index (χ0n) is 15.0. The second-order valence-electron chi connectivity index (χ2n) is 7.21. The first-order valence-electron chi connectivity index (χ1n) is 9.41. The number of pyridine rings is 1. The summed E-state index contributed by atoms with van der Waals surface area (Å²) in [6, 6.07) is 4.15. The number of urea groups is 1. The van der Waals surface area contributed by atoms with Crippen LogP contribution in [0.4, 0.5) is 4.79 Å². The standard InChI is InChI=1S/C19H28N4O2/c1-14-7-8-15(13-20-14)18(24)21-17-9-11-23(12-10-17)19(25)22-16-5-3-2-4-6-16/h7-8,13,16-17H,2-6,9-12H2,1H3,(H,21,24)(H,22,25). The van der Waals surface area contributed by atoms with E-state index in [0.717, 1.165) is 31.4 Å². The van der Waals surface area contributed by atoms with E-state index in [4.69, 9.17) is 0 Å². The monoisotopic (exact) mass is 344 g/mol. The van der Waals surface area contributed by atoms with Crippen LogP contribution in [-0.2, 0) is 0 Å². The molecule has 6 nitrogen and oxygen atoms in total. The van der Waals surface area contributed by atoms with Gasteiger partial charge in [-0.25, -0.2) is 4.79 Å². The van der Waals surface area contributed by atoms with Crippen LogP contribution in [0.5, 0.6) is 0 Å². The molecule has 2 N–H and O–H groups in total. The van der Waals surface area contributed by atoms with Crippen molar-refractivity contribution in [2.75, 3.05) is 13.1 Å². The van der Waals surface area contributed by atoms with E-state index >= 15 is 0 Å². The molecule has 0 spiro atoms. The molecule has 2 fully saturated rings. The highest BCUT2D eigenvalue weighted by atomic mass is 16.2. The van der Waals surface area contributed by atoms with Crippen molar-refractivity contribution in [1.29, 1.82) is 0 Å². The van der Waals surface area contributed by atoms with Gasteiger partial charge in [0.15, 0.2) is 0 Å². The fourth-order valence-electron chi connectivity index (χ4n) is 3.61. The number of carbonyl (C=O) groups is 2. The molecular formula is C19H28N4O2. The van der Waals surface area contributed by atoms with Crippen molar-refractivity contribution in [3.8, 4) is 0 Å². The molecule has 2 heterocycles. The van der Waals surface area contributed by atoms with Crippen molar-refractivity contribution in [1.82, 2.24) is 20.5 Å². The predicted octanol–water partition coefficient (Wildman–Crippen LogP) is 2.63. The molecule has 1 saturated carbocycles. The normalized spacial score (nSPS) is 19.5. The first-order valence-corrected chi connectivity index (χ1v) is 9.41. The molecule has 3 amide bonds. The summed E-state index contributed by atoms with van der Waals surface area (Å²) in [4.78, 5) is 30.7. The molecule has 1 aromatic rings. The van der Waals surface area contributed by atoms with Crippen molar-refractivity contribution < 1.29 is 9.59 Å². The van der Waals surface area contributed by atoms with Crippen molar-refractivity contribution in [2.24, 2.45) is 0 Å². The molecule has 1 aliphatic heterocycles. The predicted molar refractivity (Wildman–Crippen MR) is 96.4 cm³/mol. The molecule has 1 saturated heterocycles. The van der Waals surface area contributed by atoms with Crippen LogP contribution >= 0.6 is 0 Å². The number of nitrogens with one attached hydrogen (secondary N) is 2. The lowest BCUT2D eigenvalue weighted by Gasteiger charge is -2.34. The molecule has 0 unspecified atom stereocenters. The smallest absolute Gasteiger partial charge is 0.317 e. The third-order valence-corrected chi connectivity index (χ3v) is 5.22. The van der Waals surface area contributed by atoms with Crippen molar-refractivity contribution >= 4 is 11.9 Å². The number of hydrogen-bond donors (Lipinski definition) is 2. The Hall–Kier alpha value is -2.11. The van der Waals surface area contributed by atoms with Crippen LogP contribution in [0, 0.1) is 6.92 Å². The average Bonchev–Trinajstić information content (AvgIpc) is 2.63. The SMILES string of the molecule is Cc1ccc(C(=O)NC2CCN(C(=O)NC3CCCCC3)CC2)cn1. The third kappa shape index (κ3) is 4.94. The average molecular weight is 344 g/mol. The van der Waals surface area contributed by atoms with Gasteiger partial charge in [-0.05, 0) is 44.7 Å². The van der Waals surface area contributed by atoms with Gasteiger partial charge in [-0.1, -0.05) is 19.3 Å². The third-order valence-electron chi connectivity index (χ3n) is 5.22. The van der Waals surface area contributed by atoms with E-state index in [1.807, 2.05) is 17.9 Å². The fourth-order valence-corrected chi connectivity index (χ4v) is 3.61. The maximum absolute atomic E-state index is 12.4. The summed E-state index contributed by atoms with van der Waals surface area (Å²) >= 11 is 0. The molecular weight excluding hydrogens is 316 g/mol. The Kier molecular flexibility index (Phi) is 5.89. The van der Waals surface area contributed by atoms with Gasteiger partial charge in [-0.2, -0.15) is 0 Å². The largest absolute Gasteiger partial charge is 0.349 e. The minimum absolute atomic E-state index is 0.0550. The highest BCUT2D eigenvalue weighted by molar-refractivity contribution is 5.94. The zero-order valence-corrected chi connectivity index (χ0v) is 15.0. The topological polar surface area (TPSA) is 74.3 Å². The second kappa shape index (κ2) is 8.32. The van der Waals surface area contributed by atoms with Gasteiger partial charge < -0.3 is 15.5 Å². The van der Waals surface area contributed by atoms with Crippen LogP contribution < -0.4 is 10.6 Å². The van der Waals surface area contributed by atoms with Gasteiger partial charge in [0.2, 0.25) is 0 Å². The number of hydrogen-bond acceptors (Lipinski definition) is 3. The molecule has 3 rings (SSSR count). The van der Waals surface area contributed by atoms with Crippen LogP contribution in [0.2, 0.25) is 0 Å². The number of piperidine rings is 1. The van der Waals surface area contributed by atoms with Gasteiger partial charge in [0, 0.05) is 37.1 Å².